The summed E-state index contributed by atoms with van der Waals surface area (Å²) in [5, 5.41) is 10.7. The summed E-state index contributed by atoms with van der Waals surface area (Å²) in [6, 6.07) is 13.2. The van der Waals surface area contributed by atoms with Crippen LogP contribution in [0.2, 0.25) is 0 Å². The van der Waals surface area contributed by atoms with Gasteiger partial charge in [0.1, 0.15) is 11.3 Å². The summed E-state index contributed by atoms with van der Waals surface area (Å²) in [7, 11) is 2.78. The maximum absolute atomic E-state index is 13.7. The van der Waals surface area contributed by atoms with E-state index in [-0.39, 0.29) is 22.9 Å². The van der Waals surface area contributed by atoms with E-state index in [4.69, 9.17) is 9.57 Å². The van der Waals surface area contributed by atoms with E-state index in [2.05, 4.69) is 0 Å². The van der Waals surface area contributed by atoms with Gasteiger partial charge in [-0.25, -0.2) is 9.86 Å². The number of likely N-dealkylation sites (N-methyl/N-ethyl adjacent to an activating group) is 1. The van der Waals surface area contributed by atoms with Gasteiger partial charge in [0.05, 0.1) is 25.0 Å². The molecule has 1 heterocycles. The minimum atomic E-state index is -4.82. The van der Waals surface area contributed by atoms with E-state index in [9.17, 15) is 27.9 Å². The lowest BCUT2D eigenvalue weighted by atomic mass is 10.0. The van der Waals surface area contributed by atoms with Crippen molar-refractivity contribution in [3.8, 4) is 5.75 Å². The molecule has 1 N–H and O–H groups in total. The number of carboxylic acid groups (broad SMARTS) is 1. The van der Waals surface area contributed by atoms with Crippen LogP contribution in [0.1, 0.15) is 19.4 Å². The number of hydrogen-bond acceptors (Lipinski definition) is 5. The second-order valence-corrected chi connectivity index (χ2v) is 8.32. The number of ether oxygens (including phenoxy) is 1. The molecule has 0 saturated heterocycles. The second-order valence-electron chi connectivity index (χ2n) is 8.32. The van der Waals surface area contributed by atoms with Gasteiger partial charge in [-0.2, -0.15) is 13.2 Å². The molecule has 0 aromatic heterocycles. The number of carbonyl (C=O) groups is 2. The van der Waals surface area contributed by atoms with Gasteiger partial charge in [-0.1, -0.05) is 30.3 Å². The molecular weight excluding hydrogens is 455 g/mol. The molecule has 3 rings (SSSR count). The highest BCUT2D eigenvalue weighted by Gasteiger charge is 2.54. The Labute approximate surface area is 195 Å². The zero-order chi connectivity index (χ0) is 25.3. The Kier molecular flexibility index (Phi) is 6.97. The van der Waals surface area contributed by atoms with Crippen molar-refractivity contribution in [1.82, 2.24) is 5.06 Å². The fourth-order valence-electron chi connectivity index (χ4n) is 3.65. The van der Waals surface area contributed by atoms with Crippen molar-refractivity contribution in [2.75, 3.05) is 30.5 Å². The third kappa shape index (κ3) is 4.89. The fraction of sp³-hybridized carbons (Fsp3) is 0.391. The molecule has 0 spiro atoms. The van der Waals surface area contributed by atoms with Crippen LogP contribution in [0.25, 0.3) is 0 Å². The number of rotatable bonds is 6. The fourth-order valence-corrected chi connectivity index (χ4v) is 3.65. The Hall–Kier alpha value is -3.47. The van der Waals surface area contributed by atoms with Crippen molar-refractivity contribution < 1.29 is 37.4 Å². The molecule has 0 bridgehead atoms. The van der Waals surface area contributed by atoms with Crippen LogP contribution >= 0.6 is 0 Å². The van der Waals surface area contributed by atoms with Crippen LogP contribution < -0.4 is 14.5 Å². The number of nitrogens with zero attached hydrogens (tertiary/aromatic N) is 3. The van der Waals surface area contributed by atoms with Gasteiger partial charge in [0.2, 0.25) is 0 Å². The van der Waals surface area contributed by atoms with Gasteiger partial charge in [0.15, 0.2) is 6.10 Å². The van der Waals surface area contributed by atoms with Crippen LogP contribution in [-0.2, 0) is 16.2 Å². The highest BCUT2D eigenvalue weighted by atomic mass is 19.4. The van der Waals surface area contributed by atoms with Gasteiger partial charge < -0.3 is 14.7 Å². The first-order valence-electron chi connectivity index (χ1n) is 10.4. The molecule has 0 unspecified atom stereocenters. The van der Waals surface area contributed by atoms with Crippen LogP contribution in [0.3, 0.4) is 0 Å². The monoisotopic (exact) mass is 481 g/mol. The maximum atomic E-state index is 13.7. The van der Waals surface area contributed by atoms with E-state index in [0.717, 1.165) is 24.5 Å². The van der Waals surface area contributed by atoms with Crippen LogP contribution in [0, 0.1) is 0 Å². The summed E-state index contributed by atoms with van der Waals surface area (Å²) in [5.41, 5.74) is -1.60. The van der Waals surface area contributed by atoms with E-state index in [1.54, 1.807) is 4.90 Å². The molecule has 8 nitrogen and oxygen atoms in total. The third-order valence-corrected chi connectivity index (χ3v) is 5.72. The molecule has 11 heteroatoms. The first-order chi connectivity index (χ1) is 15.9. The van der Waals surface area contributed by atoms with Gasteiger partial charge >= 0.3 is 12.3 Å². The average Bonchev–Trinajstić information content (AvgIpc) is 2.77. The smallest absolute Gasteiger partial charge is 0.412 e. The number of halogens is 3. The van der Waals surface area contributed by atoms with E-state index >= 15 is 0 Å². The largest absolute Gasteiger partial charge is 0.476 e. The lowest BCUT2D eigenvalue weighted by molar-refractivity contribution is -0.176. The number of fused-ring (bicyclic) bond motifs is 1. The Morgan fingerprint density at radius 2 is 1.82 bits per heavy atom. The van der Waals surface area contributed by atoms with Gasteiger partial charge in [-0.15, -0.1) is 0 Å². The topological polar surface area (TPSA) is 82.6 Å². The van der Waals surface area contributed by atoms with Crippen LogP contribution in [0.5, 0.6) is 5.75 Å². The number of hydrogen-bond donors (Lipinski definition) is 1. The first kappa shape index (κ1) is 25.2. The number of benzene rings is 2. The summed E-state index contributed by atoms with van der Waals surface area (Å²) in [5.74, 6) is -0.204. The highest BCUT2D eigenvalue weighted by Crippen LogP contribution is 2.42. The van der Waals surface area contributed by atoms with E-state index in [0.29, 0.717) is 12.2 Å². The Morgan fingerprint density at radius 3 is 2.38 bits per heavy atom. The van der Waals surface area contributed by atoms with Crippen molar-refractivity contribution in [2.24, 2.45) is 0 Å². The number of hydroxylamine groups is 2. The molecule has 0 saturated carbocycles. The summed E-state index contributed by atoms with van der Waals surface area (Å²) >= 11 is 0. The Balaban J connectivity index is 2.07. The number of amides is 2. The van der Waals surface area contributed by atoms with Gasteiger partial charge in [0, 0.05) is 13.6 Å². The SMILES string of the molecule is CON(C)C(=O)[C@H]1CN(Cc2ccccc2)c2cc(N(C(=O)O)C(C)(C)C(F)(F)F)ccc2O1. The van der Waals surface area contributed by atoms with E-state index in [1.807, 2.05) is 30.3 Å². The predicted molar refractivity (Wildman–Crippen MR) is 119 cm³/mol. The molecule has 2 aromatic carbocycles. The lowest BCUT2D eigenvalue weighted by Crippen LogP contribution is -2.57. The quantitative estimate of drug-likeness (QED) is 0.620. The molecule has 0 radical (unpaired) electrons. The zero-order valence-corrected chi connectivity index (χ0v) is 19.2. The minimum absolute atomic E-state index is 0.0770. The molecule has 0 aliphatic carbocycles. The number of carbonyl (C=O) groups excluding carboxylic acids is 1. The Morgan fingerprint density at radius 1 is 1.18 bits per heavy atom. The predicted octanol–water partition coefficient (Wildman–Crippen LogP) is 4.30. The van der Waals surface area contributed by atoms with Crippen LogP contribution in [0.15, 0.2) is 48.5 Å². The minimum Gasteiger partial charge on any atom is -0.476 e. The van der Waals surface area contributed by atoms with Crippen molar-refractivity contribution in [2.45, 2.75) is 38.2 Å². The average molecular weight is 481 g/mol. The molecule has 2 aromatic rings. The molecule has 34 heavy (non-hydrogen) atoms. The zero-order valence-electron chi connectivity index (χ0n) is 19.2. The van der Waals surface area contributed by atoms with E-state index < -0.39 is 29.8 Å². The third-order valence-electron chi connectivity index (χ3n) is 5.72. The molecular formula is C23H26F3N3O5. The van der Waals surface area contributed by atoms with Crippen LogP contribution in [-0.4, -0.2) is 60.7 Å². The summed E-state index contributed by atoms with van der Waals surface area (Å²) < 4.78 is 46.9. The standard InChI is InChI=1S/C23H26F3N3O5/c1-22(2,23(24,25)26)29(21(31)32)16-10-11-18-17(12-16)28(13-15-8-6-5-7-9-15)14-19(34-18)20(30)27(3)33-4/h5-12,19H,13-14H2,1-4H3,(H,31,32)/t19-/m1/s1. The first-order valence-corrected chi connectivity index (χ1v) is 10.4. The van der Waals surface area contributed by atoms with Crippen molar-refractivity contribution in [3.05, 3.63) is 54.1 Å². The van der Waals surface area contributed by atoms with Crippen molar-refractivity contribution in [1.29, 1.82) is 0 Å². The lowest BCUT2D eigenvalue weighted by Gasteiger charge is -2.40. The summed E-state index contributed by atoms with van der Waals surface area (Å²) in [6.07, 6.45) is -7.50. The van der Waals surface area contributed by atoms with Gasteiger partial charge in [-0.3, -0.25) is 14.5 Å². The van der Waals surface area contributed by atoms with Gasteiger partial charge in [-0.05, 0) is 37.6 Å². The molecule has 0 fully saturated rings. The number of alkyl halides is 3. The van der Waals surface area contributed by atoms with Crippen molar-refractivity contribution >= 4 is 23.4 Å². The Bertz CT molecular complexity index is 1050. The van der Waals surface area contributed by atoms with Gasteiger partial charge in [0.25, 0.3) is 5.91 Å². The molecule has 2 amide bonds. The number of anilines is 2. The normalized spacial score (nSPS) is 15.9. The summed E-state index contributed by atoms with van der Waals surface area (Å²) in [6.45, 7) is 1.99. The molecule has 184 valence electrons. The highest BCUT2D eigenvalue weighted by molar-refractivity contribution is 5.90. The molecule has 1 aliphatic heterocycles. The van der Waals surface area contributed by atoms with Crippen molar-refractivity contribution in [3.63, 3.8) is 0 Å². The van der Waals surface area contributed by atoms with E-state index in [1.165, 1.54) is 32.4 Å². The summed E-state index contributed by atoms with van der Waals surface area (Å²) in [4.78, 5) is 31.6. The van der Waals surface area contributed by atoms with Crippen LogP contribution in [0.4, 0.5) is 29.3 Å². The maximum Gasteiger partial charge on any atom is 0.412 e. The molecule has 1 atom stereocenters. The second kappa shape index (κ2) is 9.41. The molecule has 1 aliphatic rings.